The highest BCUT2D eigenvalue weighted by Crippen LogP contribution is 2.24. The summed E-state index contributed by atoms with van der Waals surface area (Å²) in [6.45, 7) is 2.20. The van der Waals surface area contributed by atoms with Crippen molar-refractivity contribution in [2.45, 2.75) is 38.6 Å². The predicted molar refractivity (Wildman–Crippen MR) is 99.4 cm³/mol. The molecule has 4 rings (SSSR count). The third-order valence-electron chi connectivity index (χ3n) is 5.21. The molecule has 7 nitrogen and oxygen atoms in total. The second-order valence-corrected chi connectivity index (χ2v) is 6.95. The van der Waals surface area contributed by atoms with Gasteiger partial charge in [0, 0.05) is 19.6 Å². The van der Waals surface area contributed by atoms with E-state index in [1.807, 2.05) is 9.47 Å². The van der Waals surface area contributed by atoms with Gasteiger partial charge in [0.05, 0.1) is 16.9 Å². The van der Waals surface area contributed by atoms with Gasteiger partial charge in [-0.1, -0.05) is 12.1 Å². The average Bonchev–Trinajstić information content (AvgIpc) is 3.36. The molecule has 0 radical (unpaired) electrons. The maximum absolute atomic E-state index is 12.9. The lowest BCUT2D eigenvalue weighted by Crippen LogP contribution is -2.31. The highest BCUT2D eigenvalue weighted by molar-refractivity contribution is 6.05. The molecule has 27 heavy (non-hydrogen) atoms. The number of nitrogens with zero attached hydrogens (tertiary/aromatic N) is 4. The summed E-state index contributed by atoms with van der Waals surface area (Å²) < 4.78 is 1.91. The van der Waals surface area contributed by atoms with Crippen molar-refractivity contribution < 1.29 is 9.59 Å². The Balaban J connectivity index is 1.67. The average molecular weight is 363 g/mol. The summed E-state index contributed by atoms with van der Waals surface area (Å²) in [4.78, 5) is 32.1. The van der Waals surface area contributed by atoms with E-state index in [4.69, 9.17) is 0 Å². The maximum Gasteiger partial charge on any atom is 0.289 e. The van der Waals surface area contributed by atoms with Gasteiger partial charge in [-0.3, -0.25) is 9.59 Å². The van der Waals surface area contributed by atoms with Gasteiger partial charge < -0.3 is 14.8 Å². The van der Waals surface area contributed by atoms with E-state index in [2.05, 4.69) is 16.4 Å². The van der Waals surface area contributed by atoms with Crippen molar-refractivity contribution in [2.75, 3.05) is 18.4 Å². The number of hydrogen-bond acceptors (Lipinski definition) is 4. The molecule has 0 aliphatic carbocycles. The third kappa shape index (κ3) is 3.19. The van der Waals surface area contributed by atoms with Crippen molar-refractivity contribution in [1.82, 2.24) is 14.5 Å². The minimum atomic E-state index is -0.371. The molecule has 2 aromatic rings. The molecule has 1 saturated heterocycles. The van der Waals surface area contributed by atoms with Crippen LogP contribution in [0.3, 0.4) is 0 Å². The Morgan fingerprint density at radius 3 is 2.59 bits per heavy atom. The van der Waals surface area contributed by atoms with Crippen LogP contribution in [0.2, 0.25) is 0 Å². The van der Waals surface area contributed by atoms with Gasteiger partial charge in [0.1, 0.15) is 6.07 Å². The summed E-state index contributed by atoms with van der Waals surface area (Å²) in [5, 5.41) is 12.0. The standard InChI is InChI=1S/C20H21N5O2/c21-13-14-7-1-2-8-15(14)22-19(26)17-16-9-3-4-12-25(16)18(23-17)20(27)24-10-5-6-11-24/h1-2,7-8H,3-6,9-12H2,(H,22,26). The number of aromatic nitrogens is 2. The number of benzene rings is 1. The maximum atomic E-state index is 12.9. The topological polar surface area (TPSA) is 91.0 Å². The van der Waals surface area contributed by atoms with Crippen molar-refractivity contribution in [3.63, 3.8) is 0 Å². The van der Waals surface area contributed by atoms with E-state index in [0.29, 0.717) is 29.3 Å². The van der Waals surface area contributed by atoms with Gasteiger partial charge in [-0.25, -0.2) is 4.98 Å². The summed E-state index contributed by atoms with van der Waals surface area (Å²) in [5.74, 6) is -0.0961. The van der Waals surface area contributed by atoms with Crippen molar-refractivity contribution in [3.8, 4) is 6.07 Å². The van der Waals surface area contributed by atoms with Crippen LogP contribution in [0.25, 0.3) is 0 Å². The van der Waals surface area contributed by atoms with E-state index in [1.54, 1.807) is 24.3 Å². The van der Waals surface area contributed by atoms with Gasteiger partial charge in [0.2, 0.25) is 0 Å². The van der Waals surface area contributed by atoms with Gasteiger partial charge in [-0.2, -0.15) is 5.26 Å². The zero-order valence-electron chi connectivity index (χ0n) is 15.1. The molecule has 3 heterocycles. The van der Waals surface area contributed by atoms with Gasteiger partial charge >= 0.3 is 0 Å². The lowest BCUT2D eigenvalue weighted by atomic mass is 10.1. The lowest BCUT2D eigenvalue weighted by Gasteiger charge is -2.19. The van der Waals surface area contributed by atoms with Crippen LogP contribution >= 0.6 is 0 Å². The van der Waals surface area contributed by atoms with Crippen LogP contribution in [0.5, 0.6) is 0 Å². The largest absolute Gasteiger partial charge is 0.336 e. The van der Waals surface area contributed by atoms with E-state index >= 15 is 0 Å². The van der Waals surface area contributed by atoms with E-state index < -0.39 is 0 Å². The van der Waals surface area contributed by atoms with E-state index in [0.717, 1.165) is 50.9 Å². The SMILES string of the molecule is N#Cc1ccccc1NC(=O)c1nc(C(=O)N2CCCC2)n2c1CCCC2. The number of fused-ring (bicyclic) bond motifs is 1. The Bertz CT molecular complexity index is 934. The Morgan fingerprint density at radius 2 is 1.81 bits per heavy atom. The third-order valence-corrected chi connectivity index (χ3v) is 5.21. The Kier molecular flexibility index (Phi) is 4.63. The van der Waals surface area contributed by atoms with Crippen LogP contribution in [0, 0.1) is 11.3 Å². The molecule has 2 aliphatic rings. The smallest absolute Gasteiger partial charge is 0.289 e. The fourth-order valence-corrected chi connectivity index (χ4v) is 3.82. The molecule has 0 bridgehead atoms. The molecule has 1 N–H and O–H groups in total. The molecule has 2 amide bonds. The number of hydrogen-bond donors (Lipinski definition) is 1. The van der Waals surface area contributed by atoms with Crippen LogP contribution in [-0.4, -0.2) is 39.4 Å². The lowest BCUT2D eigenvalue weighted by molar-refractivity contribution is 0.0774. The molecule has 0 spiro atoms. The number of carbonyl (C=O) groups is 2. The van der Waals surface area contributed by atoms with Gasteiger partial charge in [-0.05, 0) is 44.2 Å². The summed E-state index contributed by atoms with van der Waals surface area (Å²) >= 11 is 0. The molecule has 1 aromatic heterocycles. The summed E-state index contributed by atoms with van der Waals surface area (Å²) in [7, 11) is 0. The van der Waals surface area contributed by atoms with Gasteiger partial charge in [0.25, 0.3) is 11.8 Å². The van der Waals surface area contributed by atoms with Crippen molar-refractivity contribution in [1.29, 1.82) is 5.26 Å². The second kappa shape index (κ2) is 7.23. The minimum Gasteiger partial charge on any atom is -0.336 e. The Labute approximate surface area is 157 Å². The summed E-state index contributed by atoms with van der Waals surface area (Å²) in [6.07, 6.45) is 4.69. The fourth-order valence-electron chi connectivity index (χ4n) is 3.82. The Morgan fingerprint density at radius 1 is 1.07 bits per heavy atom. The van der Waals surface area contributed by atoms with Gasteiger partial charge in [0.15, 0.2) is 11.5 Å². The summed E-state index contributed by atoms with van der Waals surface area (Å²) in [5.41, 5.74) is 1.96. The zero-order chi connectivity index (χ0) is 18.8. The summed E-state index contributed by atoms with van der Waals surface area (Å²) in [6, 6.07) is 8.93. The number of imidazole rings is 1. The van der Waals surface area contributed by atoms with E-state index in [9.17, 15) is 14.9 Å². The first-order chi connectivity index (χ1) is 13.2. The highest BCUT2D eigenvalue weighted by atomic mass is 16.2. The Hall–Kier alpha value is -3.14. The molecule has 138 valence electrons. The first-order valence-electron chi connectivity index (χ1n) is 9.38. The van der Waals surface area contributed by atoms with Crippen molar-refractivity contribution in [3.05, 3.63) is 47.0 Å². The fraction of sp³-hybridized carbons (Fsp3) is 0.400. The first kappa shape index (κ1) is 17.3. The number of para-hydroxylation sites is 1. The minimum absolute atomic E-state index is 0.0906. The first-order valence-corrected chi connectivity index (χ1v) is 9.38. The molecule has 0 atom stereocenters. The number of anilines is 1. The normalized spacial score (nSPS) is 15.9. The number of nitrogens with one attached hydrogen (secondary N) is 1. The van der Waals surface area contributed by atoms with Crippen LogP contribution in [0.15, 0.2) is 24.3 Å². The number of likely N-dealkylation sites (tertiary alicyclic amines) is 1. The second-order valence-electron chi connectivity index (χ2n) is 6.95. The molecule has 0 unspecified atom stereocenters. The monoisotopic (exact) mass is 363 g/mol. The van der Waals surface area contributed by atoms with Crippen LogP contribution < -0.4 is 5.32 Å². The van der Waals surface area contributed by atoms with Crippen LogP contribution in [0.1, 0.15) is 58.0 Å². The highest BCUT2D eigenvalue weighted by Gasteiger charge is 2.30. The number of carbonyl (C=O) groups excluding carboxylic acids is 2. The zero-order valence-corrected chi connectivity index (χ0v) is 15.1. The number of nitriles is 1. The van der Waals surface area contributed by atoms with Crippen molar-refractivity contribution >= 4 is 17.5 Å². The molecule has 0 saturated carbocycles. The molecular weight excluding hydrogens is 342 g/mol. The van der Waals surface area contributed by atoms with Gasteiger partial charge in [-0.15, -0.1) is 0 Å². The van der Waals surface area contributed by atoms with Crippen LogP contribution in [0.4, 0.5) is 5.69 Å². The number of amides is 2. The molecular formula is C20H21N5O2. The van der Waals surface area contributed by atoms with E-state index in [-0.39, 0.29) is 11.8 Å². The molecule has 7 heteroatoms. The van der Waals surface area contributed by atoms with Crippen LogP contribution in [-0.2, 0) is 13.0 Å². The van der Waals surface area contributed by atoms with Crippen molar-refractivity contribution in [2.24, 2.45) is 0 Å². The molecule has 1 fully saturated rings. The number of rotatable bonds is 3. The quantitative estimate of drug-likeness (QED) is 0.907. The van der Waals surface area contributed by atoms with E-state index in [1.165, 1.54) is 0 Å². The predicted octanol–water partition coefficient (Wildman–Crippen LogP) is 2.58. The molecule has 1 aromatic carbocycles. The molecule has 2 aliphatic heterocycles.